The summed E-state index contributed by atoms with van der Waals surface area (Å²) in [5, 5.41) is 4.90. The van der Waals surface area contributed by atoms with Crippen LogP contribution in [0.2, 0.25) is 0 Å². The van der Waals surface area contributed by atoms with Crippen LogP contribution in [0, 0.1) is 0 Å². The molecular formula is C18H18N4O2S. The van der Waals surface area contributed by atoms with E-state index >= 15 is 0 Å². The number of nitrogens with zero attached hydrogens (tertiary/aromatic N) is 2. The van der Waals surface area contributed by atoms with Gasteiger partial charge < -0.3 is 15.2 Å². The molecule has 0 aliphatic carbocycles. The predicted octanol–water partition coefficient (Wildman–Crippen LogP) is 2.33. The molecule has 0 spiro atoms. The van der Waals surface area contributed by atoms with Crippen LogP contribution in [0.25, 0.3) is 11.0 Å². The van der Waals surface area contributed by atoms with E-state index in [1.54, 1.807) is 35.9 Å². The van der Waals surface area contributed by atoms with Crippen LogP contribution in [0.5, 0.6) is 0 Å². The van der Waals surface area contributed by atoms with Crippen molar-refractivity contribution >= 4 is 34.2 Å². The van der Waals surface area contributed by atoms with Gasteiger partial charge in [-0.1, -0.05) is 0 Å². The van der Waals surface area contributed by atoms with Gasteiger partial charge in [-0.3, -0.25) is 9.59 Å². The van der Waals surface area contributed by atoms with Crippen molar-refractivity contribution in [2.24, 2.45) is 0 Å². The Labute approximate surface area is 148 Å². The second-order valence-corrected chi connectivity index (χ2v) is 7.08. The fourth-order valence-corrected chi connectivity index (χ4v) is 3.97. The molecule has 0 saturated carbocycles. The molecule has 25 heavy (non-hydrogen) atoms. The average Bonchev–Trinajstić information content (AvgIpc) is 3.28. The Kier molecular flexibility index (Phi) is 4.23. The molecule has 0 atom stereocenters. The van der Waals surface area contributed by atoms with Crippen molar-refractivity contribution in [3.63, 3.8) is 0 Å². The zero-order chi connectivity index (χ0) is 17.2. The molecule has 0 saturated heterocycles. The van der Waals surface area contributed by atoms with Gasteiger partial charge in [0.05, 0.1) is 17.4 Å². The highest BCUT2D eigenvalue weighted by molar-refractivity contribution is 7.10. The summed E-state index contributed by atoms with van der Waals surface area (Å²) in [5.74, 6) is -0.0933. The van der Waals surface area contributed by atoms with Crippen molar-refractivity contribution in [2.45, 2.75) is 19.4 Å². The van der Waals surface area contributed by atoms with Gasteiger partial charge in [-0.15, -0.1) is 11.3 Å². The molecular weight excluding hydrogens is 336 g/mol. The van der Waals surface area contributed by atoms with Crippen LogP contribution in [-0.4, -0.2) is 39.8 Å². The van der Waals surface area contributed by atoms with E-state index in [1.165, 1.54) is 10.4 Å². The molecule has 128 valence electrons. The molecule has 7 heteroatoms. The first-order valence-corrected chi connectivity index (χ1v) is 9.13. The summed E-state index contributed by atoms with van der Waals surface area (Å²) in [6.45, 7) is 1.78. The number of thiophene rings is 1. The molecule has 1 aromatic carbocycles. The molecule has 3 aromatic rings. The second kappa shape index (κ2) is 6.68. The average molecular weight is 354 g/mol. The van der Waals surface area contributed by atoms with E-state index in [-0.39, 0.29) is 11.8 Å². The summed E-state index contributed by atoms with van der Waals surface area (Å²) in [6.07, 6.45) is 2.84. The van der Waals surface area contributed by atoms with Crippen LogP contribution in [0.4, 0.5) is 0 Å². The van der Waals surface area contributed by atoms with E-state index in [2.05, 4.69) is 26.7 Å². The van der Waals surface area contributed by atoms with Crippen LogP contribution in [0.1, 0.15) is 27.2 Å². The van der Waals surface area contributed by atoms with E-state index in [0.29, 0.717) is 25.1 Å². The van der Waals surface area contributed by atoms with Crippen molar-refractivity contribution in [2.75, 3.05) is 13.1 Å². The Morgan fingerprint density at radius 2 is 2.24 bits per heavy atom. The number of aromatic nitrogens is 2. The molecule has 2 amide bonds. The van der Waals surface area contributed by atoms with Crippen molar-refractivity contribution in [3.8, 4) is 0 Å². The number of hydrogen-bond acceptors (Lipinski definition) is 4. The summed E-state index contributed by atoms with van der Waals surface area (Å²) < 4.78 is 0. The number of fused-ring (bicyclic) bond motifs is 2. The third kappa shape index (κ3) is 3.28. The summed E-state index contributed by atoms with van der Waals surface area (Å²) in [7, 11) is 0. The quantitative estimate of drug-likeness (QED) is 0.755. The fraction of sp³-hybridized carbons (Fsp3) is 0.278. The maximum Gasteiger partial charge on any atom is 0.251 e. The van der Waals surface area contributed by atoms with E-state index < -0.39 is 0 Å². The lowest BCUT2D eigenvalue weighted by molar-refractivity contribution is -0.131. The Morgan fingerprint density at radius 3 is 3.16 bits per heavy atom. The first-order chi connectivity index (χ1) is 12.2. The Balaban J connectivity index is 1.30. The van der Waals surface area contributed by atoms with Gasteiger partial charge in [-0.25, -0.2) is 4.98 Å². The molecule has 0 unspecified atom stereocenters. The van der Waals surface area contributed by atoms with Crippen molar-refractivity contribution in [1.29, 1.82) is 0 Å². The van der Waals surface area contributed by atoms with Gasteiger partial charge in [-0.05, 0) is 41.6 Å². The Bertz CT molecular complexity index is 930. The van der Waals surface area contributed by atoms with Crippen LogP contribution >= 0.6 is 11.3 Å². The van der Waals surface area contributed by atoms with Gasteiger partial charge in [0.1, 0.15) is 0 Å². The van der Waals surface area contributed by atoms with Crippen molar-refractivity contribution < 1.29 is 9.59 Å². The zero-order valence-electron chi connectivity index (χ0n) is 13.6. The lowest BCUT2D eigenvalue weighted by atomic mass is 10.1. The van der Waals surface area contributed by atoms with E-state index in [0.717, 1.165) is 24.0 Å². The molecule has 2 N–H and O–H groups in total. The third-order valence-corrected chi connectivity index (χ3v) is 5.49. The van der Waals surface area contributed by atoms with E-state index in [9.17, 15) is 9.59 Å². The largest absolute Gasteiger partial charge is 0.352 e. The van der Waals surface area contributed by atoms with Gasteiger partial charge in [-0.2, -0.15) is 0 Å². The number of benzene rings is 1. The maximum atomic E-state index is 12.4. The number of carbonyl (C=O) groups excluding carboxylic acids is 2. The number of amides is 2. The molecule has 0 radical (unpaired) electrons. The number of imidazole rings is 1. The summed E-state index contributed by atoms with van der Waals surface area (Å²) in [4.78, 5) is 35.0. The highest BCUT2D eigenvalue weighted by atomic mass is 32.1. The van der Waals surface area contributed by atoms with E-state index in [1.807, 2.05) is 4.90 Å². The van der Waals surface area contributed by atoms with Crippen LogP contribution in [-0.2, 0) is 17.8 Å². The number of carbonyl (C=O) groups is 2. The molecule has 0 bridgehead atoms. The van der Waals surface area contributed by atoms with Gasteiger partial charge >= 0.3 is 0 Å². The molecule has 1 aliphatic heterocycles. The first kappa shape index (κ1) is 15.8. The van der Waals surface area contributed by atoms with Gasteiger partial charge in [0, 0.05) is 36.5 Å². The molecule has 3 heterocycles. The fourth-order valence-electron chi connectivity index (χ4n) is 3.08. The molecule has 4 rings (SSSR count). The lowest BCUT2D eigenvalue weighted by Crippen LogP contribution is -2.37. The van der Waals surface area contributed by atoms with Gasteiger partial charge in [0.25, 0.3) is 5.91 Å². The summed E-state index contributed by atoms with van der Waals surface area (Å²) in [5.41, 5.74) is 3.46. The molecule has 1 aliphatic rings. The normalized spacial score (nSPS) is 13.7. The first-order valence-electron chi connectivity index (χ1n) is 8.25. The minimum atomic E-state index is -0.178. The highest BCUT2D eigenvalue weighted by Crippen LogP contribution is 2.24. The number of hydrogen-bond donors (Lipinski definition) is 2. The minimum Gasteiger partial charge on any atom is -0.352 e. The van der Waals surface area contributed by atoms with Crippen LogP contribution in [0.15, 0.2) is 36.0 Å². The van der Waals surface area contributed by atoms with Crippen LogP contribution in [0.3, 0.4) is 0 Å². The number of nitrogens with one attached hydrogen (secondary N) is 2. The SMILES string of the molecule is O=C(NCCC(=O)N1CCc2sccc2C1)c1ccc2nc[nH]c2c1. The predicted molar refractivity (Wildman–Crippen MR) is 96.5 cm³/mol. The molecule has 0 fully saturated rings. The summed E-state index contributed by atoms with van der Waals surface area (Å²) in [6, 6.07) is 7.40. The van der Waals surface area contributed by atoms with E-state index in [4.69, 9.17) is 0 Å². The number of rotatable bonds is 4. The Morgan fingerprint density at radius 1 is 1.32 bits per heavy atom. The smallest absolute Gasteiger partial charge is 0.251 e. The Hall–Kier alpha value is -2.67. The highest BCUT2D eigenvalue weighted by Gasteiger charge is 2.21. The third-order valence-electron chi connectivity index (χ3n) is 4.47. The number of aromatic amines is 1. The molecule has 2 aromatic heterocycles. The van der Waals surface area contributed by atoms with Gasteiger partial charge in [0.15, 0.2) is 0 Å². The topological polar surface area (TPSA) is 78.1 Å². The zero-order valence-corrected chi connectivity index (χ0v) is 14.4. The number of H-pyrrole nitrogens is 1. The standard InChI is InChI=1S/C18H18N4O2S/c23-17(22-7-4-16-13(10-22)5-8-25-16)3-6-19-18(24)12-1-2-14-15(9-12)21-11-20-14/h1-2,5,8-9,11H,3-4,6-7,10H2,(H,19,24)(H,20,21). The second-order valence-electron chi connectivity index (χ2n) is 6.07. The molecule has 6 nitrogen and oxygen atoms in total. The minimum absolute atomic E-state index is 0.0844. The van der Waals surface area contributed by atoms with Crippen molar-refractivity contribution in [1.82, 2.24) is 20.2 Å². The van der Waals surface area contributed by atoms with Crippen molar-refractivity contribution in [3.05, 3.63) is 52.0 Å². The maximum absolute atomic E-state index is 12.4. The van der Waals surface area contributed by atoms with Gasteiger partial charge in [0.2, 0.25) is 5.91 Å². The monoisotopic (exact) mass is 354 g/mol. The van der Waals surface area contributed by atoms with Crippen LogP contribution < -0.4 is 5.32 Å². The lowest BCUT2D eigenvalue weighted by Gasteiger charge is -2.27. The summed E-state index contributed by atoms with van der Waals surface area (Å²) >= 11 is 1.76.